The number of aromatic nitrogens is 2. The largest absolute Gasteiger partial charge is 0.451 e. The molecule has 1 saturated carbocycles. The molecule has 1 aliphatic carbocycles. The molecule has 8 heteroatoms. The van der Waals surface area contributed by atoms with Gasteiger partial charge < -0.3 is 19.5 Å². The minimum atomic E-state index is -0.702. The Morgan fingerprint density at radius 1 is 1.15 bits per heavy atom. The first kappa shape index (κ1) is 17.3. The van der Waals surface area contributed by atoms with Gasteiger partial charge in [-0.1, -0.05) is 0 Å². The van der Waals surface area contributed by atoms with E-state index < -0.39 is 24.3 Å². The number of amides is 1. The number of rotatable bonds is 4. The van der Waals surface area contributed by atoms with Crippen LogP contribution in [-0.2, 0) is 9.53 Å². The lowest BCUT2D eigenvalue weighted by Gasteiger charge is -2.21. The van der Waals surface area contributed by atoms with Gasteiger partial charge in [0.15, 0.2) is 23.8 Å². The third kappa shape index (κ3) is 3.69. The van der Waals surface area contributed by atoms with Gasteiger partial charge in [0.1, 0.15) is 0 Å². The van der Waals surface area contributed by atoms with Gasteiger partial charge in [0.25, 0.3) is 11.7 Å². The topological polar surface area (TPSA) is 99.6 Å². The van der Waals surface area contributed by atoms with Crippen LogP contribution in [0.25, 0.3) is 0 Å². The van der Waals surface area contributed by atoms with E-state index in [1.165, 1.54) is 12.4 Å². The molecule has 2 aliphatic rings. The van der Waals surface area contributed by atoms with Gasteiger partial charge in [-0.2, -0.15) is 0 Å². The van der Waals surface area contributed by atoms with Gasteiger partial charge in [-0.25, -0.2) is 9.78 Å². The van der Waals surface area contributed by atoms with Gasteiger partial charge >= 0.3 is 5.97 Å². The molecule has 0 atom stereocenters. The standard InChI is InChI=1S/C19H19N3O5/c1-12-9-21-14(10-20-12)18(24)25-11-17(23)22-13-4-5-15-16(8-13)27-19(26-15)6-2-3-7-19/h4-5,8-10H,2-3,6-7,11H2,1H3,(H,22,23). The number of hydrogen-bond donors (Lipinski definition) is 1. The fourth-order valence-electron chi connectivity index (χ4n) is 3.19. The van der Waals surface area contributed by atoms with Crippen molar-refractivity contribution in [3.05, 3.63) is 42.0 Å². The van der Waals surface area contributed by atoms with Crippen LogP contribution in [0.3, 0.4) is 0 Å². The first-order valence-corrected chi connectivity index (χ1v) is 8.81. The smallest absolute Gasteiger partial charge is 0.359 e. The van der Waals surface area contributed by atoms with E-state index in [0.29, 0.717) is 22.9 Å². The van der Waals surface area contributed by atoms with Crippen LogP contribution in [0.2, 0.25) is 0 Å². The Morgan fingerprint density at radius 2 is 1.93 bits per heavy atom. The second kappa shape index (κ2) is 6.86. The van der Waals surface area contributed by atoms with Crippen LogP contribution in [0.1, 0.15) is 41.9 Å². The van der Waals surface area contributed by atoms with E-state index >= 15 is 0 Å². The highest BCUT2D eigenvalue weighted by atomic mass is 16.7. The van der Waals surface area contributed by atoms with Crippen molar-refractivity contribution >= 4 is 17.6 Å². The zero-order valence-electron chi connectivity index (χ0n) is 14.9. The van der Waals surface area contributed by atoms with Gasteiger partial charge in [0.05, 0.1) is 11.9 Å². The summed E-state index contributed by atoms with van der Waals surface area (Å²) in [5, 5.41) is 2.68. The van der Waals surface area contributed by atoms with Crippen LogP contribution >= 0.6 is 0 Å². The fourth-order valence-corrected chi connectivity index (χ4v) is 3.19. The molecule has 1 aromatic heterocycles. The molecule has 1 amide bonds. The van der Waals surface area contributed by atoms with Gasteiger partial charge in [0.2, 0.25) is 0 Å². The van der Waals surface area contributed by atoms with Crippen LogP contribution in [0, 0.1) is 6.92 Å². The second-order valence-corrected chi connectivity index (χ2v) is 6.65. The van der Waals surface area contributed by atoms with Gasteiger partial charge in [-0.05, 0) is 31.9 Å². The number of aryl methyl sites for hydroxylation is 1. The van der Waals surface area contributed by atoms with E-state index in [-0.39, 0.29) is 5.69 Å². The minimum Gasteiger partial charge on any atom is -0.451 e. The molecular weight excluding hydrogens is 350 g/mol. The Kier molecular flexibility index (Phi) is 4.39. The average Bonchev–Trinajstić information content (AvgIpc) is 3.26. The molecule has 1 aliphatic heterocycles. The lowest BCUT2D eigenvalue weighted by Crippen LogP contribution is -2.34. The van der Waals surface area contributed by atoms with E-state index in [2.05, 4.69) is 15.3 Å². The predicted octanol–water partition coefficient (Wildman–Crippen LogP) is 2.62. The summed E-state index contributed by atoms with van der Waals surface area (Å²) in [5.41, 5.74) is 1.29. The molecule has 2 aromatic rings. The molecular formula is C19H19N3O5. The maximum Gasteiger partial charge on any atom is 0.359 e. The summed E-state index contributed by atoms with van der Waals surface area (Å²) in [6, 6.07) is 5.21. The number of carbonyl (C=O) groups excluding carboxylic acids is 2. The monoisotopic (exact) mass is 369 g/mol. The summed E-state index contributed by atoms with van der Waals surface area (Å²) in [6.45, 7) is 1.34. The first-order valence-electron chi connectivity index (χ1n) is 8.81. The third-order valence-corrected chi connectivity index (χ3v) is 4.51. The lowest BCUT2D eigenvalue weighted by molar-refractivity contribution is -0.119. The molecule has 1 aromatic carbocycles. The Bertz CT molecular complexity index is 875. The molecule has 2 heterocycles. The SMILES string of the molecule is Cc1cnc(C(=O)OCC(=O)Nc2ccc3c(c2)OC2(CCCC2)O3)cn1. The summed E-state index contributed by atoms with van der Waals surface area (Å²) in [5.74, 6) is -0.416. The maximum absolute atomic E-state index is 12.1. The van der Waals surface area contributed by atoms with Crippen molar-refractivity contribution in [3.8, 4) is 11.5 Å². The number of ether oxygens (including phenoxy) is 3. The minimum absolute atomic E-state index is 0.0540. The highest BCUT2D eigenvalue weighted by molar-refractivity contribution is 5.95. The maximum atomic E-state index is 12.1. The number of anilines is 1. The normalized spacial score (nSPS) is 16.3. The van der Waals surface area contributed by atoms with Crippen molar-refractivity contribution in [1.29, 1.82) is 0 Å². The number of nitrogens with zero attached hydrogens (tertiary/aromatic N) is 2. The molecule has 27 heavy (non-hydrogen) atoms. The molecule has 1 N–H and O–H groups in total. The number of carbonyl (C=O) groups is 2. The molecule has 140 valence electrons. The van der Waals surface area contributed by atoms with Crippen molar-refractivity contribution in [3.63, 3.8) is 0 Å². The van der Waals surface area contributed by atoms with E-state index in [4.69, 9.17) is 14.2 Å². The number of esters is 1. The van der Waals surface area contributed by atoms with Gasteiger partial charge in [-0.15, -0.1) is 0 Å². The van der Waals surface area contributed by atoms with Gasteiger partial charge in [0, 0.05) is 30.8 Å². The van der Waals surface area contributed by atoms with Crippen LogP contribution < -0.4 is 14.8 Å². The zero-order chi connectivity index (χ0) is 18.9. The van der Waals surface area contributed by atoms with E-state index in [1.807, 2.05) is 0 Å². The molecule has 0 unspecified atom stereocenters. The number of benzene rings is 1. The highest BCUT2D eigenvalue weighted by Crippen LogP contribution is 2.47. The Morgan fingerprint density at radius 3 is 2.67 bits per heavy atom. The van der Waals surface area contributed by atoms with E-state index in [1.54, 1.807) is 25.1 Å². The van der Waals surface area contributed by atoms with Gasteiger partial charge in [-0.3, -0.25) is 9.78 Å². The summed E-state index contributed by atoms with van der Waals surface area (Å²) in [7, 11) is 0. The van der Waals surface area contributed by atoms with Crippen LogP contribution in [0.4, 0.5) is 5.69 Å². The Hall–Kier alpha value is -3.16. The molecule has 4 rings (SSSR count). The number of nitrogens with one attached hydrogen (secondary N) is 1. The Balaban J connectivity index is 1.33. The molecule has 0 saturated heterocycles. The van der Waals surface area contributed by atoms with Crippen molar-refractivity contribution in [1.82, 2.24) is 9.97 Å². The lowest BCUT2D eigenvalue weighted by atomic mass is 10.2. The van der Waals surface area contributed by atoms with Crippen LogP contribution in [-0.4, -0.2) is 34.2 Å². The molecule has 0 radical (unpaired) electrons. The number of hydrogen-bond acceptors (Lipinski definition) is 7. The molecule has 8 nitrogen and oxygen atoms in total. The van der Waals surface area contributed by atoms with Crippen LogP contribution in [0.15, 0.2) is 30.6 Å². The molecule has 1 fully saturated rings. The average molecular weight is 369 g/mol. The summed E-state index contributed by atoms with van der Waals surface area (Å²) in [6.07, 6.45) is 6.65. The third-order valence-electron chi connectivity index (χ3n) is 4.51. The zero-order valence-corrected chi connectivity index (χ0v) is 14.9. The van der Waals surface area contributed by atoms with Crippen molar-refractivity contribution < 1.29 is 23.8 Å². The molecule has 0 bridgehead atoms. The fraction of sp³-hybridized carbons (Fsp3) is 0.368. The quantitative estimate of drug-likeness (QED) is 0.827. The predicted molar refractivity (Wildman–Crippen MR) is 94.6 cm³/mol. The van der Waals surface area contributed by atoms with E-state index in [0.717, 1.165) is 25.7 Å². The van der Waals surface area contributed by atoms with E-state index in [9.17, 15) is 9.59 Å². The van der Waals surface area contributed by atoms with Crippen molar-refractivity contribution in [2.24, 2.45) is 0 Å². The van der Waals surface area contributed by atoms with Crippen molar-refractivity contribution in [2.75, 3.05) is 11.9 Å². The molecule has 1 spiro atoms. The summed E-state index contributed by atoms with van der Waals surface area (Å²) in [4.78, 5) is 31.8. The Labute approximate surface area is 155 Å². The summed E-state index contributed by atoms with van der Waals surface area (Å²) < 4.78 is 16.9. The van der Waals surface area contributed by atoms with Crippen molar-refractivity contribution in [2.45, 2.75) is 38.4 Å². The summed E-state index contributed by atoms with van der Waals surface area (Å²) >= 11 is 0. The second-order valence-electron chi connectivity index (χ2n) is 6.65. The highest BCUT2D eigenvalue weighted by Gasteiger charge is 2.44. The first-order chi connectivity index (χ1) is 13.0. The number of fused-ring (bicyclic) bond motifs is 1. The van der Waals surface area contributed by atoms with Crippen LogP contribution in [0.5, 0.6) is 11.5 Å².